The monoisotopic (exact) mass is 174 g/mol. The van der Waals surface area contributed by atoms with Crippen LogP contribution in [0, 0.1) is 0 Å². The number of nitrogens with two attached hydrogens (primary N) is 1. The van der Waals surface area contributed by atoms with Crippen LogP contribution in [-0.4, -0.2) is 30.6 Å². The molecule has 11 heavy (non-hydrogen) atoms. The zero-order chi connectivity index (χ0) is 8.27. The van der Waals surface area contributed by atoms with Crippen LogP contribution in [0.3, 0.4) is 0 Å². The lowest BCUT2D eigenvalue weighted by molar-refractivity contribution is 0.284. The van der Waals surface area contributed by atoms with Crippen LogP contribution in [0.4, 0.5) is 0 Å². The van der Waals surface area contributed by atoms with Crippen LogP contribution < -0.4 is 5.73 Å². The average Bonchev–Trinajstić information content (AvgIpc) is 2.34. The molecule has 2 nitrogen and oxygen atoms in total. The fourth-order valence-corrected chi connectivity index (χ4v) is 1.74. The Labute approximate surface area is 73.0 Å². The quantitative estimate of drug-likeness (QED) is 0.696. The molecule has 0 radical (unpaired) electrons. The van der Waals surface area contributed by atoms with Gasteiger partial charge in [-0.05, 0) is 19.4 Å². The van der Waals surface area contributed by atoms with E-state index < -0.39 is 0 Å². The molecule has 0 amide bonds. The second kappa shape index (κ2) is 4.10. The lowest BCUT2D eigenvalue weighted by atomic mass is 10.2. The third kappa shape index (κ3) is 2.47. The molecule has 1 saturated heterocycles. The van der Waals surface area contributed by atoms with Crippen LogP contribution in [0.1, 0.15) is 12.8 Å². The van der Waals surface area contributed by atoms with Crippen LogP contribution in [0.25, 0.3) is 0 Å². The SMILES string of the molecule is C=C(Cl)CN1CCCC1CN. The molecule has 3 heteroatoms. The zero-order valence-electron chi connectivity index (χ0n) is 6.72. The second-order valence-corrected chi connectivity index (χ2v) is 3.55. The maximum Gasteiger partial charge on any atom is 0.0339 e. The van der Waals surface area contributed by atoms with E-state index in [2.05, 4.69) is 11.5 Å². The van der Waals surface area contributed by atoms with Gasteiger partial charge in [0.05, 0.1) is 0 Å². The summed E-state index contributed by atoms with van der Waals surface area (Å²) in [6.45, 7) is 6.32. The van der Waals surface area contributed by atoms with Crippen LogP contribution in [0.5, 0.6) is 0 Å². The summed E-state index contributed by atoms with van der Waals surface area (Å²) in [4.78, 5) is 2.30. The molecule has 0 aromatic rings. The Morgan fingerprint density at radius 2 is 2.45 bits per heavy atom. The zero-order valence-corrected chi connectivity index (χ0v) is 7.48. The first kappa shape index (κ1) is 9.04. The van der Waals surface area contributed by atoms with E-state index in [4.69, 9.17) is 17.3 Å². The highest BCUT2D eigenvalue weighted by Crippen LogP contribution is 2.17. The van der Waals surface area contributed by atoms with Gasteiger partial charge in [0.1, 0.15) is 0 Å². The van der Waals surface area contributed by atoms with Crippen LogP contribution in [0.2, 0.25) is 0 Å². The van der Waals surface area contributed by atoms with Crippen molar-refractivity contribution in [2.45, 2.75) is 18.9 Å². The molecule has 1 aliphatic heterocycles. The van der Waals surface area contributed by atoms with Crippen molar-refractivity contribution in [1.29, 1.82) is 0 Å². The van der Waals surface area contributed by atoms with E-state index in [0.717, 1.165) is 19.6 Å². The van der Waals surface area contributed by atoms with Gasteiger partial charge in [-0.25, -0.2) is 0 Å². The van der Waals surface area contributed by atoms with E-state index in [1.807, 2.05) is 0 Å². The van der Waals surface area contributed by atoms with Crippen molar-refractivity contribution < 1.29 is 0 Å². The minimum absolute atomic E-state index is 0.533. The number of hydrogen-bond donors (Lipinski definition) is 1. The summed E-state index contributed by atoms with van der Waals surface area (Å²) in [7, 11) is 0. The summed E-state index contributed by atoms with van der Waals surface area (Å²) in [6.07, 6.45) is 2.45. The molecule has 0 saturated carbocycles. The van der Waals surface area contributed by atoms with E-state index in [0.29, 0.717) is 11.1 Å². The Hall–Kier alpha value is -0.0500. The summed E-state index contributed by atoms with van der Waals surface area (Å²) < 4.78 is 0. The summed E-state index contributed by atoms with van der Waals surface area (Å²) >= 11 is 5.70. The molecular weight excluding hydrogens is 160 g/mol. The van der Waals surface area contributed by atoms with Gasteiger partial charge in [-0.1, -0.05) is 18.2 Å². The average molecular weight is 175 g/mol. The lowest BCUT2D eigenvalue weighted by Crippen LogP contribution is -2.36. The lowest BCUT2D eigenvalue weighted by Gasteiger charge is -2.21. The summed E-state index contributed by atoms with van der Waals surface area (Å²) in [5.74, 6) is 0. The number of likely N-dealkylation sites (tertiary alicyclic amines) is 1. The maximum absolute atomic E-state index is 5.70. The van der Waals surface area contributed by atoms with Crippen LogP contribution in [0.15, 0.2) is 11.6 Å². The van der Waals surface area contributed by atoms with E-state index in [1.165, 1.54) is 12.8 Å². The Morgan fingerprint density at radius 3 is 3.00 bits per heavy atom. The van der Waals surface area contributed by atoms with Crippen LogP contribution >= 0.6 is 11.6 Å². The summed E-state index contributed by atoms with van der Waals surface area (Å²) in [5, 5.41) is 0.713. The van der Waals surface area contributed by atoms with Crippen molar-refractivity contribution in [1.82, 2.24) is 4.90 Å². The van der Waals surface area contributed by atoms with E-state index in [1.54, 1.807) is 0 Å². The Balaban J connectivity index is 2.37. The van der Waals surface area contributed by atoms with E-state index >= 15 is 0 Å². The number of rotatable bonds is 3. The maximum atomic E-state index is 5.70. The van der Waals surface area contributed by atoms with Crippen molar-refractivity contribution in [2.24, 2.45) is 5.73 Å². The van der Waals surface area contributed by atoms with Crippen molar-refractivity contribution >= 4 is 11.6 Å². The normalized spacial score (nSPS) is 25.8. The third-order valence-corrected chi connectivity index (χ3v) is 2.27. The van der Waals surface area contributed by atoms with Gasteiger partial charge in [0, 0.05) is 24.2 Å². The number of hydrogen-bond acceptors (Lipinski definition) is 2. The molecule has 2 N–H and O–H groups in total. The molecule has 1 unspecified atom stereocenters. The summed E-state index contributed by atoms with van der Waals surface area (Å²) in [5.41, 5.74) is 5.59. The standard InChI is InChI=1S/C8H15ClN2/c1-7(9)6-11-4-2-3-8(11)5-10/h8H,1-6,10H2. The first-order valence-corrected chi connectivity index (χ1v) is 4.39. The minimum Gasteiger partial charge on any atom is -0.329 e. The van der Waals surface area contributed by atoms with Gasteiger partial charge in [0.2, 0.25) is 0 Å². The first-order valence-electron chi connectivity index (χ1n) is 4.01. The largest absolute Gasteiger partial charge is 0.329 e. The topological polar surface area (TPSA) is 29.3 Å². The molecule has 0 bridgehead atoms. The third-order valence-electron chi connectivity index (χ3n) is 2.15. The Morgan fingerprint density at radius 1 is 1.73 bits per heavy atom. The molecule has 1 atom stereocenters. The number of halogens is 1. The molecule has 1 fully saturated rings. The van der Waals surface area contributed by atoms with Gasteiger partial charge in [-0.15, -0.1) is 0 Å². The molecule has 64 valence electrons. The second-order valence-electron chi connectivity index (χ2n) is 3.02. The van der Waals surface area contributed by atoms with Gasteiger partial charge < -0.3 is 5.73 Å². The fourth-order valence-electron chi connectivity index (χ4n) is 1.59. The molecule has 0 aliphatic carbocycles. The molecule has 1 rings (SSSR count). The smallest absolute Gasteiger partial charge is 0.0339 e. The van der Waals surface area contributed by atoms with Gasteiger partial charge in [0.25, 0.3) is 0 Å². The molecule has 1 aliphatic rings. The van der Waals surface area contributed by atoms with Crippen molar-refractivity contribution in [2.75, 3.05) is 19.6 Å². The van der Waals surface area contributed by atoms with Gasteiger partial charge in [-0.3, -0.25) is 4.90 Å². The molecule has 0 spiro atoms. The Bertz CT molecular complexity index is 147. The number of nitrogens with zero attached hydrogens (tertiary/aromatic N) is 1. The van der Waals surface area contributed by atoms with Crippen LogP contribution in [-0.2, 0) is 0 Å². The highest BCUT2D eigenvalue weighted by Gasteiger charge is 2.22. The predicted molar refractivity (Wildman–Crippen MR) is 48.6 cm³/mol. The minimum atomic E-state index is 0.533. The highest BCUT2D eigenvalue weighted by atomic mass is 35.5. The molecule has 0 aromatic heterocycles. The first-order chi connectivity index (χ1) is 5.24. The summed E-state index contributed by atoms with van der Waals surface area (Å²) in [6, 6.07) is 0.533. The molecule has 1 heterocycles. The van der Waals surface area contributed by atoms with E-state index in [9.17, 15) is 0 Å². The molecule has 0 aromatic carbocycles. The van der Waals surface area contributed by atoms with Gasteiger partial charge >= 0.3 is 0 Å². The van der Waals surface area contributed by atoms with Gasteiger partial charge in [0.15, 0.2) is 0 Å². The predicted octanol–water partition coefficient (Wildman–Crippen LogP) is 1.16. The fraction of sp³-hybridized carbons (Fsp3) is 0.750. The highest BCUT2D eigenvalue weighted by molar-refractivity contribution is 6.29. The Kier molecular flexibility index (Phi) is 3.37. The van der Waals surface area contributed by atoms with Crippen molar-refractivity contribution in [3.63, 3.8) is 0 Å². The van der Waals surface area contributed by atoms with Crippen molar-refractivity contribution in [3.8, 4) is 0 Å². The van der Waals surface area contributed by atoms with E-state index in [-0.39, 0.29) is 0 Å². The van der Waals surface area contributed by atoms with Crippen molar-refractivity contribution in [3.05, 3.63) is 11.6 Å². The van der Waals surface area contributed by atoms with Gasteiger partial charge in [-0.2, -0.15) is 0 Å². The molecular formula is C8H15ClN2.